The molecule has 0 aliphatic heterocycles. The fourth-order valence-electron chi connectivity index (χ4n) is 2.54. The number of non-ortho nitro benzene ring substituents is 1. The summed E-state index contributed by atoms with van der Waals surface area (Å²) in [6, 6.07) is 4.54. The first-order valence-electron chi connectivity index (χ1n) is 7.46. The Labute approximate surface area is 134 Å². The number of hydrogen-bond donors (Lipinski definition) is 2. The first-order chi connectivity index (χ1) is 10.7. The minimum absolute atomic E-state index is 0.00496. The maximum absolute atomic E-state index is 12.4. The van der Waals surface area contributed by atoms with Gasteiger partial charge in [-0.15, -0.1) is 0 Å². The zero-order chi connectivity index (χ0) is 17.2. The minimum Gasteiger partial charge on any atom is -0.389 e. The second-order valence-electron chi connectivity index (χ2n) is 6.20. The second kappa shape index (κ2) is 6.37. The van der Waals surface area contributed by atoms with Gasteiger partial charge in [0, 0.05) is 42.3 Å². The number of nitro groups is 1. The summed E-state index contributed by atoms with van der Waals surface area (Å²) in [6.45, 7) is 5.88. The number of aliphatic hydroxyl groups is 1. The van der Waals surface area contributed by atoms with E-state index in [0.717, 1.165) is 5.52 Å². The van der Waals surface area contributed by atoms with Crippen molar-refractivity contribution in [1.82, 2.24) is 9.88 Å². The topological polar surface area (TPSA) is 99.5 Å². The summed E-state index contributed by atoms with van der Waals surface area (Å²) in [5.74, 6) is -0.123. The van der Waals surface area contributed by atoms with Crippen LogP contribution in [0.25, 0.3) is 10.9 Å². The van der Waals surface area contributed by atoms with Crippen LogP contribution >= 0.6 is 0 Å². The molecule has 1 heterocycles. The molecule has 2 aromatic rings. The van der Waals surface area contributed by atoms with E-state index in [1.54, 1.807) is 31.0 Å². The molecule has 0 saturated heterocycles. The standard InChI is InChI=1S/C16H21N3O4/c1-4-18(10-16(2,3)21)15(20)7-11-9-17-14-6-5-12(19(22)23)8-13(11)14/h5-6,8-9,17,21H,4,7,10H2,1-3H3. The molecule has 1 aromatic carbocycles. The Hall–Kier alpha value is -2.41. The first-order valence-corrected chi connectivity index (χ1v) is 7.46. The van der Waals surface area contributed by atoms with Crippen molar-refractivity contribution in [2.75, 3.05) is 13.1 Å². The Morgan fingerprint density at radius 2 is 2.13 bits per heavy atom. The van der Waals surface area contributed by atoms with Crippen LogP contribution in [-0.2, 0) is 11.2 Å². The Morgan fingerprint density at radius 3 is 2.70 bits per heavy atom. The van der Waals surface area contributed by atoms with E-state index >= 15 is 0 Å². The fraction of sp³-hybridized carbons (Fsp3) is 0.438. The molecule has 1 amide bonds. The molecule has 2 rings (SSSR count). The van der Waals surface area contributed by atoms with Gasteiger partial charge in [0.25, 0.3) is 5.69 Å². The van der Waals surface area contributed by atoms with Gasteiger partial charge in [0.1, 0.15) is 0 Å². The van der Waals surface area contributed by atoms with Gasteiger partial charge in [0.2, 0.25) is 5.91 Å². The third-order valence-corrected chi connectivity index (χ3v) is 3.62. The number of rotatable bonds is 6. The van der Waals surface area contributed by atoms with Crippen molar-refractivity contribution in [2.45, 2.75) is 32.8 Å². The third kappa shape index (κ3) is 4.07. The number of nitrogens with zero attached hydrogens (tertiary/aromatic N) is 2. The van der Waals surface area contributed by atoms with E-state index in [-0.39, 0.29) is 24.6 Å². The number of aromatic amines is 1. The molecule has 1 aromatic heterocycles. The van der Waals surface area contributed by atoms with Gasteiger partial charge in [0.15, 0.2) is 0 Å². The summed E-state index contributed by atoms with van der Waals surface area (Å²) in [5.41, 5.74) is 0.492. The number of fused-ring (bicyclic) bond motifs is 1. The molecule has 124 valence electrons. The van der Waals surface area contributed by atoms with Gasteiger partial charge in [-0.2, -0.15) is 0 Å². The van der Waals surface area contributed by atoms with Crippen molar-refractivity contribution in [3.8, 4) is 0 Å². The Kier molecular flexibility index (Phi) is 4.70. The molecule has 0 unspecified atom stereocenters. The van der Waals surface area contributed by atoms with E-state index in [2.05, 4.69) is 4.98 Å². The molecule has 0 aliphatic rings. The highest BCUT2D eigenvalue weighted by Gasteiger charge is 2.22. The molecule has 0 fully saturated rings. The van der Waals surface area contributed by atoms with Gasteiger partial charge in [-0.25, -0.2) is 0 Å². The predicted octanol–water partition coefficient (Wildman–Crippen LogP) is 2.24. The smallest absolute Gasteiger partial charge is 0.270 e. The lowest BCUT2D eigenvalue weighted by Crippen LogP contribution is -2.42. The third-order valence-electron chi connectivity index (χ3n) is 3.62. The maximum Gasteiger partial charge on any atom is 0.270 e. The Bertz CT molecular complexity index is 730. The van der Waals surface area contributed by atoms with Crippen LogP contribution in [0.3, 0.4) is 0 Å². The SMILES string of the molecule is CCN(CC(C)(C)O)C(=O)Cc1c[nH]c2ccc([N+](=O)[O-])cc12. The number of benzene rings is 1. The molecule has 0 atom stereocenters. The molecule has 0 saturated carbocycles. The average molecular weight is 319 g/mol. The van der Waals surface area contributed by atoms with Gasteiger partial charge in [-0.3, -0.25) is 14.9 Å². The summed E-state index contributed by atoms with van der Waals surface area (Å²) in [7, 11) is 0. The van der Waals surface area contributed by atoms with E-state index in [9.17, 15) is 20.0 Å². The Morgan fingerprint density at radius 1 is 1.43 bits per heavy atom. The number of carbonyl (C=O) groups excluding carboxylic acids is 1. The molecular weight excluding hydrogens is 298 g/mol. The molecule has 0 spiro atoms. The largest absolute Gasteiger partial charge is 0.389 e. The molecule has 7 heteroatoms. The lowest BCUT2D eigenvalue weighted by atomic mass is 10.1. The molecular formula is C16H21N3O4. The summed E-state index contributed by atoms with van der Waals surface area (Å²) < 4.78 is 0. The number of likely N-dealkylation sites (N-methyl/N-ethyl adjacent to an activating group) is 1. The molecule has 7 nitrogen and oxygen atoms in total. The summed E-state index contributed by atoms with van der Waals surface area (Å²) in [6.07, 6.45) is 1.83. The van der Waals surface area contributed by atoms with Crippen LogP contribution in [0.15, 0.2) is 24.4 Å². The van der Waals surface area contributed by atoms with Crippen molar-refractivity contribution in [3.05, 3.63) is 40.1 Å². The highest BCUT2D eigenvalue weighted by Crippen LogP contribution is 2.24. The van der Waals surface area contributed by atoms with E-state index in [4.69, 9.17) is 0 Å². The van der Waals surface area contributed by atoms with Crippen molar-refractivity contribution in [1.29, 1.82) is 0 Å². The average Bonchev–Trinajstić information content (AvgIpc) is 2.86. The second-order valence-corrected chi connectivity index (χ2v) is 6.20. The van der Waals surface area contributed by atoms with Crippen molar-refractivity contribution >= 4 is 22.5 Å². The number of nitro benzene ring substituents is 1. The number of hydrogen-bond acceptors (Lipinski definition) is 4. The fourth-order valence-corrected chi connectivity index (χ4v) is 2.54. The lowest BCUT2D eigenvalue weighted by molar-refractivity contribution is -0.384. The monoisotopic (exact) mass is 319 g/mol. The normalized spacial score (nSPS) is 11.7. The van der Waals surface area contributed by atoms with Gasteiger partial charge in [-0.05, 0) is 32.4 Å². The molecule has 2 N–H and O–H groups in total. The zero-order valence-electron chi connectivity index (χ0n) is 13.5. The van der Waals surface area contributed by atoms with Crippen LogP contribution in [0.5, 0.6) is 0 Å². The highest BCUT2D eigenvalue weighted by molar-refractivity contribution is 5.90. The van der Waals surface area contributed by atoms with E-state index in [1.807, 2.05) is 6.92 Å². The predicted molar refractivity (Wildman–Crippen MR) is 87.2 cm³/mol. The van der Waals surface area contributed by atoms with E-state index in [1.165, 1.54) is 12.1 Å². The molecule has 0 bridgehead atoms. The molecule has 23 heavy (non-hydrogen) atoms. The number of carbonyl (C=O) groups is 1. The lowest BCUT2D eigenvalue weighted by Gasteiger charge is -2.28. The van der Waals surface area contributed by atoms with Crippen LogP contribution in [0.1, 0.15) is 26.3 Å². The number of H-pyrrole nitrogens is 1. The zero-order valence-corrected chi connectivity index (χ0v) is 13.5. The van der Waals surface area contributed by atoms with Crippen molar-refractivity contribution in [2.24, 2.45) is 0 Å². The highest BCUT2D eigenvalue weighted by atomic mass is 16.6. The number of amides is 1. The summed E-state index contributed by atoms with van der Waals surface area (Å²) >= 11 is 0. The minimum atomic E-state index is -0.968. The Balaban J connectivity index is 2.25. The van der Waals surface area contributed by atoms with E-state index in [0.29, 0.717) is 17.5 Å². The van der Waals surface area contributed by atoms with Crippen LogP contribution in [-0.4, -0.2) is 44.5 Å². The van der Waals surface area contributed by atoms with Crippen LogP contribution < -0.4 is 0 Å². The maximum atomic E-state index is 12.4. The number of aromatic nitrogens is 1. The summed E-state index contributed by atoms with van der Waals surface area (Å²) in [4.78, 5) is 27.5. The van der Waals surface area contributed by atoms with Crippen LogP contribution in [0.4, 0.5) is 5.69 Å². The first kappa shape index (κ1) is 17.0. The van der Waals surface area contributed by atoms with Gasteiger partial charge in [0.05, 0.1) is 16.9 Å². The van der Waals surface area contributed by atoms with Crippen LogP contribution in [0, 0.1) is 10.1 Å². The van der Waals surface area contributed by atoms with Crippen LogP contribution in [0.2, 0.25) is 0 Å². The van der Waals surface area contributed by atoms with Gasteiger partial charge in [-0.1, -0.05) is 0 Å². The van der Waals surface area contributed by atoms with Crippen molar-refractivity contribution < 1.29 is 14.8 Å². The van der Waals surface area contributed by atoms with Crippen molar-refractivity contribution in [3.63, 3.8) is 0 Å². The van der Waals surface area contributed by atoms with Gasteiger partial charge < -0.3 is 15.0 Å². The quantitative estimate of drug-likeness (QED) is 0.630. The van der Waals surface area contributed by atoms with Gasteiger partial charge >= 0.3 is 0 Å². The molecule has 0 radical (unpaired) electrons. The molecule has 0 aliphatic carbocycles. The number of nitrogens with one attached hydrogen (secondary N) is 1. The van der Waals surface area contributed by atoms with E-state index < -0.39 is 10.5 Å². The summed E-state index contributed by atoms with van der Waals surface area (Å²) in [5, 5.41) is 21.5.